The fraction of sp³-hybridized carbons (Fsp3) is 0.286. The second-order valence-electron chi connectivity index (χ2n) is 4.27. The fourth-order valence-corrected chi connectivity index (χ4v) is 1.98. The van der Waals surface area contributed by atoms with Crippen molar-refractivity contribution >= 4 is 0 Å². The Balaban J connectivity index is 2.00. The minimum Gasteiger partial charge on any atom is -0.472 e. The number of furan rings is 1. The maximum Gasteiger partial charge on any atom is 0.123 e. The van der Waals surface area contributed by atoms with Gasteiger partial charge < -0.3 is 10.2 Å². The molecule has 3 heteroatoms. The summed E-state index contributed by atoms with van der Waals surface area (Å²) in [6, 6.07) is 8.63. The van der Waals surface area contributed by atoms with Crippen LogP contribution in [-0.2, 0) is 12.8 Å². The first-order valence-electron chi connectivity index (χ1n) is 5.73. The van der Waals surface area contributed by atoms with Crippen LogP contribution < -0.4 is 5.73 Å². The Hall–Kier alpha value is -1.61. The molecule has 0 saturated heterocycles. The number of halogens is 1. The van der Waals surface area contributed by atoms with Gasteiger partial charge in [0.25, 0.3) is 0 Å². The Morgan fingerprint density at radius 2 is 2.00 bits per heavy atom. The van der Waals surface area contributed by atoms with Gasteiger partial charge in [-0.3, -0.25) is 0 Å². The van der Waals surface area contributed by atoms with Crippen LogP contribution in [0.15, 0.2) is 47.3 Å². The van der Waals surface area contributed by atoms with Gasteiger partial charge in [0.05, 0.1) is 12.5 Å². The van der Waals surface area contributed by atoms with Crippen molar-refractivity contribution in [2.24, 2.45) is 11.7 Å². The van der Waals surface area contributed by atoms with Crippen molar-refractivity contribution < 1.29 is 8.81 Å². The average Bonchev–Trinajstić information content (AvgIpc) is 2.81. The van der Waals surface area contributed by atoms with E-state index in [2.05, 4.69) is 0 Å². The Bertz CT molecular complexity index is 453. The third-order valence-corrected chi connectivity index (χ3v) is 2.85. The molecule has 17 heavy (non-hydrogen) atoms. The van der Waals surface area contributed by atoms with Gasteiger partial charge in [0.15, 0.2) is 0 Å². The Labute approximate surface area is 100 Å². The molecule has 0 saturated carbocycles. The van der Waals surface area contributed by atoms with Crippen molar-refractivity contribution in [1.82, 2.24) is 0 Å². The van der Waals surface area contributed by atoms with Gasteiger partial charge in [-0.05, 0) is 54.6 Å². The van der Waals surface area contributed by atoms with E-state index in [0.29, 0.717) is 12.5 Å². The monoisotopic (exact) mass is 233 g/mol. The summed E-state index contributed by atoms with van der Waals surface area (Å²) in [5.74, 6) is 0.121. The van der Waals surface area contributed by atoms with Crippen molar-refractivity contribution in [3.63, 3.8) is 0 Å². The lowest BCUT2D eigenvalue weighted by Gasteiger charge is -2.13. The second kappa shape index (κ2) is 5.64. The lowest BCUT2D eigenvalue weighted by molar-refractivity contribution is 0.519. The van der Waals surface area contributed by atoms with Gasteiger partial charge in [0.2, 0.25) is 0 Å². The molecule has 1 aromatic heterocycles. The first-order valence-corrected chi connectivity index (χ1v) is 5.73. The Morgan fingerprint density at radius 3 is 2.65 bits per heavy atom. The summed E-state index contributed by atoms with van der Waals surface area (Å²) >= 11 is 0. The summed E-state index contributed by atoms with van der Waals surface area (Å²) in [7, 11) is 0. The van der Waals surface area contributed by atoms with Crippen LogP contribution in [0.5, 0.6) is 0 Å². The van der Waals surface area contributed by atoms with E-state index < -0.39 is 0 Å². The summed E-state index contributed by atoms with van der Waals surface area (Å²) in [5, 5.41) is 0. The van der Waals surface area contributed by atoms with E-state index in [1.54, 1.807) is 24.7 Å². The van der Waals surface area contributed by atoms with Crippen molar-refractivity contribution in [2.75, 3.05) is 6.54 Å². The normalized spacial score (nSPS) is 12.6. The molecule has 0 aliphatic rings. The molecule has 1 heterocycles. The molecule has 0 fully saturated rings. The first kappa shape index (κ1) is 11.9. The van der Waals surface area contributed by atoms with Crippen LogP contribution in [0.2, 0.25) is 0 Å². The van der Waals surface area contributed by atoms with E-state index in [9.17, 15) is 4.39 Å². The zero-order chi connectivity index (χ0) is 12.1. The van der Waals surface area contributed by atoms with E-state index in [1.165, 1.54) is 6.07 Å². The topological polar surface area (TPSA) is 39.2 Å². The second-order valence-corrected chi connectivity index (χ2v) is 4.27. The molecule has 2 rings (SSSR count). The summed E-state index contributed by atoms with van der Waals surface area (Å²) in [5.41, 5.74) is 7.88. The largest absolute Gasteiger partial charge is 0.472 e. The van der Waals surface area contributed by atoms with E-state index in [4.69, 9.17) is 10.2 Å². The third-order valence-electron chi connectivity index (χ3n) is 2.85. The highest BCUT2D eigenvalue weighted by atomic mass is 19.1. The highest BCUT2D eigenvalue weighted by Gasteiger charge is 2.10. The molecular formula is C14H16FNO. The van der Waals surface area contributed by atoms with Gasteiger partial charge in [-0.1, -0.05) is 12.1 Å². The predicted molar refractivity (Wildman–Crippen MR) is 65.1 cm³/mol. The quantitative estimate of drug-likeness (QED) is 0.862. The van der Waals surface area contributed by atoms with E-state index in [0.717, 1.165) is 24.0 Å². The smallest absolute Gasteiger partial charge is 0.123 e. The van der Waals surface area contributed by atoms with Gasteiger partial charge in [-0.25, -0.2) is 4.39 Å². The Kier molecular flexibility index (Phi) is 3.94. The lowest BCUT2D eigenvalue weighted by Crippen LogP contribution is -2.19. The summed E-state index contributed by atoms with van der Waals surface area (Å²) in [6.45, 7) is 0.585. The summed E-state index contributed by atoms with van der Waals surface area (Å²) in [6.07, 6.45) is 5.04. The molecule has 0 radical (unpaired) electrons. The van der Waals surface area contributed by atoms with Crippen LogP contribution in [0.25, 0.3) is 0 Å². The van der Waals surface area contributed by atoms with Gasteiger partial charge in [-0.15, -0.1) is 0 Å². The van der Waals surface area contributed by atoms with Crippen LogP contribution in [0, 0.1) is 11.7 Å². The summed E-state index contributed by atoms with van der Waals surface area (Å²) in [4.78, 5) is 0. The molecule has 0 aliphatic heterocycles. The lowest BCUT2D eigenvalue weighted by atomic mass is 9.94. The molecule has 0 bridgehead atoms. The van der Waals surface area contributed by atoms with Crippen LogP contribution in [0.1, 0.15) is 11.1 Å². The van der Waals surface area contributed by atoms with Gasteiger partial charge >= 0.3 is 0 Å². The van der Waals surface area contributed by atoms with Gasteiger partial charge in [0, 0.05) is 0 Å². The molecule has 1 atom stereocenters. The van der Waals surface area contributed by atoms with Crippen molar-refractivity contribution in [3.05, 3.63) is 59.8 Å². The molecule has 2 aromatic rings. The van der Waals surface area contributed by atoms with Crippen molar-refractivity contribution in [2.45, 2.75) is 12.8 Å². The van der Waals surface area contributed by atoms with Crippen LogP contribution in [0.4, 0.5) is 4.39 Å². The zero-order valence-electron chi connectivity index (χ0n) is 9.60. The molecule has 90 valence electrons. The molecule has 1 aromatic carbocycles. The number of nitrogens with two attached hydrogens (primary N) is 1. The zero-order valence-corrected chi connectivity index (χ0v) is 9.60. The van der Waals surface area contributed by atoms with E-state index >= 15 is 0 Å². The minimum atomic E-state index is -0.193. The highest BCUT2D eigenvalue weighted by molar-refractivity contribution is 5.17. The number of benzene rings is 1. The van der Waals surface area contributed by atoms with Gasteiger partial charge in [-0.2, -0.15) is 0 Å². The van der Waals surface area contributed by atoms with E-state index in [-0.39, 0.29) is 5.82 Å². The van der Waals surface area contributed by atoms with Crippen LogP contribution in [-0.4, -0.2) is 6.54 Å². The van der Waals surface area contributed by atoms with Crippen molar-refractivity contribution in [3.8, 4) is 0 Å². The maximum absolute atomic E-state index is 13.1. The van der Waals surface area contributed by atoms with E-state index in [1.807, 2.05) is 12.1 Å². The number of rotatable bonds is 5. The Morgan fingerprint density at radius 1 is 1.18 bits per heavy atom. The van der Waals surface area contributed by atoms with Crippen LogP contribution >= 0.6 is 0 Å². The summed E-state index contributed by atoms with van der Waals surface area (Å²) < 4.78 is 18.1. The highest BCUT2D eigenvalue weighted by Crippen LogP contribution is 2.15. The van der Waals surface area contributed by atoms with Crippen molar-refractivity contribution in [1.29, 1.82) is 0 Å². The molecule has 0 spiro atoms. The van der Waals surface area contributed by atoms with Gasteiger partial charge in [0.1, 0.15) is 5.82 Å². The minimum absolute atomic E-state index is 0.193. The first-order chi connectivity index (χ1) is 8.28. The fourth-order valence-electron chi connectivity index (χ4n) is 1.98. The predicted octanol–water partition coefficient (Wildman–Crippen LogP) is 2.78. The maximum atomic E-state index is 13.1. The SMILES string of the molecule is NCC(Cc1ccoc1)Cc1cccc(F)c1. The molecule has 0 aliphatic carbocycles. The standard InChI is InChI=1S/C14H16FNO/c15-14-3-1-2-11(8-14)6-13(9-16)7-12-4-5-17-10-12/h1-5,8,10,13H,6-7,9,16H2. The number of hydrogen-bond acceptors (Lipinski definition) is 2. The third kappa shape index (κ3) is 3.43. The molecular weight excluding hydrogens is 217 g/mol. The molecule has 1 unspecified atom stereocenters. The average molecular weight is 233 g/mol. The molecule has 2 nitrogen and oxygen atoms in total. The molecule has 0 amide bonds. The van der Waals surface area contributed by atoms with Crippen LogP contribution in [0.3, 0.4) is 0 Å². The number of hydrogen-bond donors (Lipinski definition) is 1. The molecule has 2 N–H and O–H groups in total.